The molecule has 0 aliphatic carbocycles. The number of nitrogens with two attached hydrogens (primary N) is 1. The molecule has 0 fully saturated rings. The number of nitrogens with zero attached hydrogens (tertiary/aromatic N) is 2. The van der Waals surface area contributed by atoms with Gasteiger partial charge in [-0.3, -0.25) is 5.32 Å². The van der Waals surface area contributed by atoms with Crippen molar-refractivity contribution >= 4 is 40.3 Å². The lowest BCUT2D eigenvalue weighted by molar-refractivity contribution is 0.134. The molecule has 9 nitrogen and oxygen atoms in total. The Hall–Kier alpha value is -3.40. The summed E-state index contributed by atoms with van der Waals surface area (Å²) >= 11 is 6.12. The number of halogens is 1. The minimum atomic E-state index is -0.694. The largest absolute Gasteiger partial charge is 0.447 e. The Labute approximate surface area is 196 Å². The van der Waals surface area contributed by atoms with Crippen LogP contribution < -0.4 is 16.4 Å². The predicted octanol–water partition coefficient (Wildman–Crippen LogP) is 2.97. The maximum atomic E-state index is 12.6. The number of aromatic nitrogens is 1. The van der Waals surface area contributed by atoms with E-state index in [0.717, 1.165) is 16.3 Å². The molecule has 0 aliphatic heterocycles. The molecular weight excluding hydrogens is 446 g/mol. The Bertz CT molecular complexity index is 1100. The second-order valence-corrected chi connectivity index (χ2v) is 7.72. The highest BCUT2D eigenvalue weighted by molar-refractivity contribution is 6.31. The number of urea groups is 1. The zero-order valence-electron chi connectivity index (χ0n) is 17.9. The molecule has 1 unspecified atom stereocenters. The normalized spacial score (nSPS) is 11.6. The van der Waals surface area contributed by atoms with Crippen LogP contribution in [0.25, 0.3) is 10.8 Å². The van der Waals surface area contributed by atoms with Crippen LogP contribution in [0.3, 0.4) is 0 Å². The highest BCUT2D eigenvalue weighted by Gasteiger charge is 2.17. The van der Waals surface area contributed by atoms with Crippen LogP contribution in [0.5, 0.6) is 0 Å². The SMILES string of the molecule is NC(CO)CN(CCOC(=O)Nc1cc2ccccc2cn1)C(=O)NCc1ccccc1Cl. The summed E-state index contributed by atoms with van der Waals surface area (Å²) < 4.78 is 5.20. The highest BCUT2D eigenvalue weighted by atomic mass is 35.5. The van der Waals surface area contributed by atoms with E-state index in [1.807, 2.05) is 30.3 Å². The second-order valence-electron chi connectivity index (χ2n) is 7.32. The lowest BCUT2D eigenvalue weighted by atomic mass is 10.2. The number of pyridine rings is 1. The number of ether oxygens (including phenoxy) is 1. The lowest BCUT2D eigenvalue weighted by Crippen LogP contribution is -2.48. The Morgan fingerprint density at radius 3 is 2.64 bits per heavy atom. The van der Waals surface area contributed by atoms with Crippen molar-refractivity contribution in [3.63, 3.8) is 0 Å². The second kappa shape index (κ2) is 12.0. The summed E-state index contributed by atoms with van der Waals surface area (Å²) in [5.74, 6) is 0.357. The smallest absolute Gasteiger partial charge is 0.412 e. The fraction of sp³-hybridized carbons (Fsp3) is 0.261. The average Bonchev–Trinajstić information content (AvgIpc) is 2.82. The number of hydrogen-bond donors (Lipinski definition) is 4. The van der Waals surface area contributed by atoms with Gasteiger partial charge in [-0.05, 0) is 23.1 Å². The summed E-state index contributed by atoms with van der Waals surface area (Å²) in [4.78, 5) is 30.4. The number of carbonyl (C=O) groups is 2. The standard InChI is InChI=1S/C23H26ClN5O4/c24-20-8-4-3-7-18(20)13-27-22(31)29(14-19(25)15-30)9-10-33-23(32)28-21-11-16-5-1-2-6-17(16)12-26-21/h1-8,11-12,19,30H,9-10,13-15,25H2,(H,27,31)(H,26,28,32). The van der Waals surface area contributed by atoms with Crippen LogP contribution in [-0.4, -0.2) is 59.5 Å². The fourth-order valence-electron chi connectivity index (χ4n) is 3.08. The van der Waals surface area contributed by atoms with Crippen molar-refractivity contribution in [1.29, 1.82) is 0 Å². The maximum Gasteiger partial charge on any atom is 0.412 e. The minimum absolute atomic E-state index is 0.0723. The van der Waals surface area contributed by atoms with Gasteiger partial charge in [0.25, 0.3) is 0 Å². The molecule has 3 amide bonds. The number of amides is 3. The molecule has 2 aromatic carbocycles. The maximum absolute atomic E-state index is 12.6. The molecule has 0 aliphatic rings. The van der Waals surface area contributed by atoms with Crippen LogP contribution in [0.1, 0.15) is 5.56 Å². The Morgan fingerprint density at radius 1 is 1.15 bits per heavy atom. The number of rotatable bonds is 9. The molecule has 0 saturated heterocycles. The Kier molecular flexibility index (Phi) is 8.82. The molecule has 0 radical (unpaired) electrons. The van der Waals surface area contributed by atoms with Crippen LogP contribution >= 0.6 is 11.6 Å². The van der Waals surface area contributed by atoms with E-state index < -0.39 is 18.2 Å². The average molecular weight is 472 g/mol. The van der Waals surface area contributed by atoms with Crippen LogP contribution in [0.15, 0.2) is 60.8 Å². The molecule has 10 heteroatoms. The van der Waals surface area contributed by atoms with E-state index in [-0.39, 0.29) is 32.8 Å². The summed E-state index contributed by atoms with van der Waals surface area (Å²) in [6, 6.07) is 15.5. The fourth-order valence-corrected chi connectivity index (χ4v) is 3.28. The molecule has 33 heavy (non-hydrogen) atoms. The number of hydrogen-bond acceptors (Lipinski definition) is 6. The number of aliphatic hydroxyl groups excluding tert-OH is 1. The van der Waals surface area contributed by atoms with Gasteiger partial charge in [-0.2, -0.15) is 0 Å². The van der Waals surface area contributed by atoms with Crippen LogP contribution in [-0.2, 0) is 11.3 Å². The first-order valence-corrected chi connectivity index (χ1v) is 10.7. The number of benzene rings is 2. The number of nitrogens with one attached hydrogen (secondary N) is 2. The zero-order chi connectivity index (χ0) is 23.6. The molecule has 1 heterocycles. The third-order valence-corrected chi connectivity index (χ3v) is 5.19. The van der Waals surface area contributed by atoms with E-state index >= 15 is 0 Å². The summed E-state index contributed by atoms with van der Waals surface area (Å²) in [7, 11) is 0. The Balaban J connectivity index is 1.51. The molecule has 3 rings (SSSR count). The molecule has 1 aromatic heterocycles. The summed E-state index contributed by atoms with van der Waals surface area (Å²) in [6.45, 7) is 0.0291. The van der Waals surface area contributed by atoms with Crippen molar-refractivity contribution in [3.8, 4) is 0 Å². The van der Waals surface area contributed by atoms with E-state index in [1.165, 1.54) is 4.90 Å². The van der Waals surface area contributed by atoms with Gasteiger partial charge in [0.05, 0.1) is 13.2 Å². The van der Waals surface area contributed by atoms with Crippen molar-refractivity contribution in [2.45, 2.75) is 12.6 Å². The summed E-state index contributed by atoms with van der Waals surface area (Å²) in [6.07, 6.45) is 0.965. The van der Waals surface area contributed by atoms with Crippen molar-refractivity contribution in [2.75, 3.05) is 31.6 Å². The first-order chi connectivity index (χ1) is 16.0. The van der Waals surface area contributed by atoms with E-state index in [4.69, 9.17) is 22.1 Å². The third-order valence-electron chi connectivity index (χ3n) is 4.82. The van der Waals surface area contributed by atoms with Gasteiger partial charge in [0.2, 0.25) is 0 Å². The van der Waals surface area contributed by atoms with Gasteiger partial charge in [-0.1, -0.05) is 54.1 Å². The molecule has 0 bridgehead atoms. The summed E-state index contributed by atoms with van der Waals surface area (Å²) in [5.41, 5.74) is 6.56. The van der Waals surface area contributed by atoms with Gasteiger partial charge < -0.3 is 25.8 Å². The topological polar surface area (TPSA) is 130 Å². The first-order valence-electron chi connectivity index (χ1n) is 10.4. The minimum Gasteiger partial charge on any atom is -0.447 e. The van der Waals surface area contributed by atoms with Crippen molar-refractivity contribution in [3.05, 3.63) is 71.4 Å². The number of carbonyl (C=O) groups excluding carboxylic acids is 2. The molecule has 174 valence electrons. The van der Waals surface area contributed by atoms with Crippen LogP contribution in [0, 0.1) is 0 Å². The zero-order valence-corrected chi connectivity index (χ0v) is 18.7. The molecule has 0 spiro atoms. The third kappa shape index (κ3) is 7.31. The summed E-state index contributed by atoms with van der Waals surface area (Å²) in [5, 5.41) is 17.0. The molecule has 5 N–H and O–H groups in total. The Morgan fingerprint density at radius 2 is 1.88 bits per heavy atom. The van der Waals surface area contributed by atoms with Gasteiger partial charge >= 0.3 is 12.1 Å². The number of fused-ring (bicyclic) bond motifs is 1. The number of aliphatic hydroxyl groups is 1. The molecule has 1 atom stereocenters. The van der Waals surface area contributed by atoms with Gasteiger partial charge in [-0.25, -0.2) is 14.6 Å². The predicted molar refractivity (Wildman–Crippen MR) is 127 cm³/mol. The van der Waals surface area contributed by atoms with Gasteiger partial charge in [0, 0.05) is 35.7 Å². The van der Waals surface area contributed by atoms with E-state index in [9.17, 15) is 14.7 Å². The first kappa shape index (κ1) is 24.2. The van der Waals surface area contributed by atoms with E-state index in [2.05, 4.69) is 15.6 Å². The molecule has 3 aromatic rings. The number of anilines is 1. The van der Waals surface area contributed by atoms with Crippen molar-refractivity contribution in [2.24, 2.45) is 5.73 Å². The van der Waals surface area contributed by atoms with Gasteiger partial charge in [-0.15, -0.1) is 0 Å². The van der Waals surface area contributed by atoms with E-state index in [0.29, 0.717) is 10.8 Å². The van der Waals surface area contributed by atoms with Gasteiger partial charge in [0.15, 0.2) is 0 Å². The van der Waals surface area contributed by atoms with E-state index in [1.54, 1.807) is 30.5 Å². The van der Waals surface area contributed by atoms with Gasteiger partial charge in [0.1, 0.15) is 12.4 Å². The lowest BCUT2D eigenvalue weighted by Gasteiger charge is -2.25. The van der Waals surface area contributed by atoms with Crippen LogP contribution in [0.4, 0.5) is 15.4 Å². The highest BCUT2D eigenvalue weighted by Crippen LogP contribution is 2.16. The van der Waals surface area contributed by atoms with Crippen molar-refractivity contribution in [1.82, 2.24) is 15.2 Å². The molecular formula is C23H26ClN5O4. The van der Waals surface area contributed by atoms with Crippen LogP contribution in [0.2, 0.25) is 5.02 Å². The molecule has 0 saturated carbocycles. The quantitative estimate of drug-likeness (QED) is 0.379. The monoisotopic (exact) mass is 471 g/mol. The van der Waals surface area contributed by atoms with Crippen molar-refractivity contribution < 1.29 is 19.4 Å².